The van der Waals surface area contributed by atoms with Crippen molar-refractivity contribution in [1.82, 2.24) is 18.9 Å². The minimum atomic E-state index is -1.51. The van der Waals surface area contributed by atoms with E-state index in [0.717, 1.165) is 107 Å². The molecule has 11 aromatic rings. The smallest absolute Gasteiger partial charge is 0.221 e. The second-order valence-corrected chi connectivity index (χ2v) is 17.1. The maximum Gasteiger partial charge on any atom is 0.221 e. The lowest BCUT2D eigenvalue weighted by Gasteiger charge is -2.32. The van der Waals surface area contributed by atoms with E-state index in [1.807, 2.05) is 78.9 Å². The fourth-order valence-electron chi connectivity index (χ4n) is 10.1. The Balaban J connectivity index is 1.12. The highest BCUT2D eigenvalue weighted by molar-refractivity contribution is 6.02. The molecule has 0 spiro atoms. The van der Waals surface area contributed by atoms with Gasteiger partial charge in [0.25, 0.3) is 0 Å². The first-order valence-electron chi connectivity index (χ1n) is 22.6. The number of hydrogen-bond donors (Lipinski definition) is 0. The second-order valence-electron chi connectivity index (χ2n) is 17.1. The van der Waals surface area contributed by atoms with Gasteiger partial charge in [-0.3, -0.25) is 8.97 Å². The minimum Gasteiger partial charge on any atom is -0.310 e. The zero-order valence-electron chi connectivity index (χ0n) is 36.7. The Morgan fingerprint density at radius 1 is 0.606 bits per heavy atom. The molecule has 6 nitrogen and oxygen atoms in total. The molecular weight excluding hydrogens is 812 g/mol. The summed E-state index contributed by atoms with van der Waals surface area (Å²) < 4.78 is 22.0. The van der Waals surface area contributed by atoms with E-state index < -0.39 is 6.30 Å². The summed E-state index contributed by atoms with van der Waals surface area (Å²) >= 11 is 0. The van der Waals surface area contributed by atoms with Gasteiger partial charge >= 0.3 is 0 Å². The van der Waals surface area contributed by atoms with Crippen molar-refractivity contribution >= 4 is 83.8 Å². The van der Waals surface area contributed by atoms with E-state index >= 15 is 4.39 Å². The fourth-order valence-corrected chi connectivity index (χ4v) is 10.1. The number of benzene rings is 8. The average Bonchev–Trinajstić information content (AvgIpc) is 3.88. The first-order valence-corrected chi connectivity index (χ1v) is 22.6. The summed E-state index contributed by atoms with van der Waals surface area (Å²) in [5, 5.41) is 3.99. The lowest BCUT2D eigenvalue weighted by atomic mass is 9.93. The maximum absolute atomic E-state index is 17.6. The van der Waals surface area contributed by atoms with Crippen molar-refractivity contribution in [3.05, 3.63) is 228 Å². The van der Waals surface area contributed by atoms with Crippen molar-refractivity contribution in [2.45, 2.75) is 33.0 Å². The number of aromatic nitrogens is 4. The molecule has 0 radical (unpaired) electrons. The number of para-hydroxylation sites is 5. The highest BCUT2D eigenvalue weighted by Crippen LogP contribution is 2.44. The molecule has 0 bridgehead atoms. The van der Waals surface area contributed by atoms with Gasteiger partial charge in [0.15, 0.2) is 6.30 Å². The Morgan fingerprint density at radius 2 is 1.29 bits per heavy atom. The van der Waals surface area contributed by atoms with Crippen LogP contribution in [0.25, 0.3) is 67.0 Å². The number of alkyl halides is 1. The van der Waals surface area contributed by atoms with E-state index in [4.69, 9.17) is 9.97 Å². The van der Waals surface area contributed by atoms with Crippen LogP contribution < -0.4 is 9.80 Å². The van der Waals surface area contributed by atoms with Gasteiger partial charge in [0.05, 0.1) is 33.4 Å². The molecule has 1 atom stereocenters. The molecular formula is C59H45FN6. The van der Waals surface area contributed by atoms with Gasteiger partial charge in [0, 0.05) is 50.1 Å². The maximum atomic E-state index is 17.6. The number of nitrogens with zero attached hydrogens (tertiary/aromatic N) is 6. The van der Waals surface area contributed by atoms with Gasteiger partial charge < -0.3 is 9.80 Å². The number of halogens is 1. The van der Waals surface area contributed by atoms with Crippen LogP contribution in [0.2, 0.25) is 0 Å². The number of anilines is 4. The van der Waals surface area contributed by atoms with Crippen LogP contribution in [-0.4, -0.2) is 25.2 Å². The Bertz CT molecular complexity index is 3710. The number of fused-ring (bicyclic) bond motifs is 8. The van der Waals surface area contributed by atoms with Crippen molar-refractivity contribution in [2.75, 3.05) is 9.80 Å². The molecule has 8 aromatic carbocycles. The topological polar surface area (TPSA) is 41.6 Å². The summed E-state index contributed by atoms with van der Waals surface area (Å²) in [5.41, 5.74) is 14.8. The summed E-state index contributed by atoms with van der Waals surface area (Å²) in [4.78, 5) is 14.9. The number of rotatable bonds is 9. The molecule has 66 heavy (non-hydrogen) atoms. The molecule has 0 N–H and O–H groups in total. The Hall–Kier alpha value is -8.29. The van der Waals surface area contributed by atoms with E-state index in [-0.39, 0.29) is 0 Å². The number of imidazole rings is 1. The van der Waals surface area contributed by atoms with Crippen LogP contribution in [0.15, 0.2) is 200 Å². The second kappa shape index (κ2) is 16.1. The van der Waals surface area contributed by atoms with Crippen molar-refractivity contribution in [3.63, 3.8) is 0 Å². The number of allylic oxidation sites excluding steroid dienone is 1. The SMILES string of the molecule is Cc1cc2c(/C=C\C(F)N(c3ccccc3)c3cccc4ccccc34)c(C)n(-c3nc4ccccc4c4nc5ccccc5n34)c2cc1N(C1=CCCc2ccccc21)c1ccccc1. The molecule has 7 heteroatoms. The van der Waals surface area contributed by atoms with Gasteiger partial charge in [-0.2, -0.15) is 0 Å². The standard InChI is InChI=1S/C59H45FN6/c1-39-37-49-45(35-36-57(60)65(44-25-7-4-8-26-44)53-34-18-22-42-20-10-12-28-47(42)53)40(2)63(59-62-50-30-14-13-29-48(50)58-61-51-31-15-16-32-54(51)66(58)59)56(49)38-55(39)64(43-23-5-3-6-24-43)52-33-17-21-41-19-9-11-27-46(41)52/h3-16,18-20,22-38,57H,17,21H2,1-2H3/b36-35-. The molecule has 12 rings (SSSR count). The molecule has 1 unspecified atom stereocenters. The molecule has 0 aliphatic heterocycles. The van der Waals surface area contributed by atoms with E-state index in [0.29, 0.717) is 5.95 Å². The monoisotopic (exact) mass is 856 g/mol. The third kappa shape index (κ3) is 6.46. The first kappa shape index (κ1) is 39.3. The van der Waals surface area contributed by atoms with Crippen LogP contribution in [0.5, 0.6) is 0 Å². The molecule has 318 valence electrons. The molecule has 1 aliphatic rings. The lowest BCUT2D eigenvalue weighted by molar-refractivity contribution is 0.408. The predicted octanol–water partition coefficient (Wildman–Crippen LogP) is 15.0. The van der Waals surface area contributed by atoms with Crippen LogP contribution in [0, 0.1) is 13.8 Å². The molecule has 0 fully saturated rings. The largest absolute Gasteiger partial charge is 0.310 e. The zero-order chi connectivity index (χ0) is 44.3. The molecule has 1 aliphatic carbocycles. The Morgan fingerprint density at radius 3 is 2.12 bits per heavy atom. The average molecular weight is 857 g/mol. The molecule has 0 amide bonds. The van der Waals surface area contributed by atoms with Crippen LogP contribution in [0.3, 0.4) is 0 Å². The first-order chi connectivity index (χ1) is 32.5. The molecule has 0 saturated carbocycles. The Kier molecular flexibility index (Phi) is 9.56. The third-order valence-corrected chi connectivity index (χ3v) is 13.2. The quantitative estimate of drug-likeness (QED) is 0.136. The highest BCUT2D eigenvalue weighted by Gasteiger charge is 2.27. The van der Waals surface area contributed by atoms with E-state index in [9.17, 15) is 0 Å². The van der Waals surface area contributed by atoms with Crippen LogP contribution >= 0.6 is 0 Å². The zero-order valence-corrected chi connectivity index (χ0v) is 36.7. The molecule has 3 aromatic heterocycles. The highest BCUT2D eigenvalue weighted by atomic mass is 19.1. The van der Waals surface area contributed by atoms with E-state index in [1.165, 1.54) is 11.1 Å². The van der Waals surface area contributed by atoms with Crippen molar-refractivity contribution in [1.29, 1.82) is 0 Å². The normalized spacial score (nSPS) is 13.2. The van der Waals surface area contributed by atoms with Crippen molar-refractivity contribution in [3.8, 4) is 5.95 Å². The molecule has 0 saturated heterocycles. The minimum absolute atomic E-state index is 0.710. The van der Waals surface area contributed by atoms with Crippen molar-refractivity contribution < 1.29 is 4.39 Å². The third-order valence-electron chi connectivity index (χ3n) is 13.2. The Labute approximate surface area is 382 Å². The van der Waals surface area contributed by atoms with Gasteiger partial charge in [0.1, 0.15) is 5.65 Å². The predicted molar refractivity (Wildman–Crippen MR) is 272 cm³/mol. The summed E-state index contributed by atoms with van der Waals surface area (Å²) in [6.07, 6.45) is 6.47. The lowest BCUT2D eigenvalue weighted by Crippen LogP contribution is -2.25. The summed E-state index contributed by atoms with van der Waals surface area (Å²) in [7, 11) is 0. The fraction of sp³-hybridized carbons (Fsp3) is 0.0847. The van der Waals surface area contributed by atoms with Gasteiger partial charge in [-0.25, -0.2) is 14.4 Å². The van der Waals surface area contributed by atoms with Crippen LogP contribution in [0.1, 0.15) is 34.4 Å². The number of aryl methyl sites for hydroxylation is 2. The van der Waals surface area contributed by atoms with Gasteiger partial charge in [-0.05, 0) is 116 Å². The van der Waals surface area contributed by atoms with Gasteiger partial charge in [-0.15, -0.1) is 0 Å². The van der Waals surface area contributed by atoms with Gasteiger partial charge in [-0.1, -0.05) is 133 Å². The van der Waals surface area contributed by atoms with E-state index in [1.54, 1.807) is 11.0 Å². The van der Waals surface area contributed by atoms with Gasteiger partial charge in [0.2, 0.25) is 5.95 Å². The molecule has 3 heterocycles. The van der Waals surface area contributed by atoms with Crippen LogP contribution in [0.4, 0.5) is 27.1 Å². The van der Waals surface area contributed by atoms with Crippen LogP contribution in [-0.2, 0) is 6.42 Å². The number of hydrogen-bond acceptors (Lipinski definition) is 4. The van der Waals surface area contributed by atoms with E-state index in [2.05, 4.69) is 149 Å². The summed E-state index contributed by atoms with van der Waals surface area (Å²) in [6, 6.07) is 64.5. The summed E-state index contributed by atoms with van der Waals surface area (Å²) in [6.45, 7) is 4.31. The van der Waals surface area contributed by atoms with Crippen molar-refractivity contribution in [2.24, 2.45) is 0 Å². The summed E-state index contributed by atoms with van der Waals surface area (Å²) in [5.74, 6) is 0.710.